The number of urea groups is 1. The van der Waals surface area contributed by atoms with Crippen LogP contribution in [0.3, 0.4) is 0 Å². The van der Waals surface area contributed by atoms with Crippen LogP contribution in [0.4, 0.5) is 4.79 Å². The lowest BCUT2D eigenvalue weighted by molar-refractivity contribution is -0.154. The summed E-state index contributed by atoms with van der Waals surface area (Å²) in [5.41, 5.74) is 0.900. The first-order chi connectivity index (χ1) is 13.6. The lowest BCUT2D eigenvalue weighted by Crippen LogP contribution is -2.53. The molecular formula is C21H32N2O5. The molecular weight excluding hydrogens is 360 g/mol. The van der Waals surface area contributed by atoms with Crippen molar-refractivity contribution in [2.75, 3.05) is 47.1 Å². The van der Waals surface area contributed by atoms with Crippen LogP contribution in [0, 0.1) is 0 Å². The minimum absolute atomic E-state index is 0.0191. The number of likely N-dealkylation sites (tertiary alicyclic amines) is 1. The maximum Gasteiger partial charge on any atom is 0.317 e. The van der Waals surface area contributed by atoms with Gasteiger partial charge in [0.2, 0.25) is 0 Å². The smallest absolute Gasteiger partial charge is 0.317 e. The van der Waals surface area contributed by atoms with E-state index in [4.69, 9.17) is 18.9 Å². The number of amides is 2. The van der Waals surface area contributed by atoms with E-state index in [1.165, 1.54) is 0 Å². The molecule has 1 aromatic carbocycles. The van der Waals surface area contributed by atoms with E-state index in [0.717, 1.165) is 43.6 Å². The Morgan fingerprint density at radius 2 is 1.96 bits per heavy atom. The summed E-state index contributed by atoms with van der Waals surface area (Å²) in [7, 11) is 3.33. The highest BCUT2D eigenvalue weighted by Gasteiger charge is 2.41. The number of nitrogens with one attached hydrogen (secondary N) is 1. The number of carbonyl (C=O) groups is 1. The van der Waals surface area contributed by atoms with Gasteiger partial charge in [-0.1, -0.05) is 12.1 Å². The van der Waals surface area contributed by atoms with Crippen molar-refractivity contribution < 1.29 is 23.7 Å². The molecule has 2 aliphatic rings. The summed E-state index contributed by atoms with van der Waals surface area (Å²) in [6.45, 7) is 3.89. The van der Waals surface area contributed by atoms with Crippen molar-refractivity contribution in [3.63, 3.8) is 0 Å². The highest BCUT2D eigenvalue weighted by atomic mass is 16.5. The summed E-state index contributed by atoms with van der Waals surface area (Å²) in [6.07, 6.45) is 3.76. The Morgan fingerprint density at radius 3 is 2.64 bits per heavy atom. The van der Waals surface area contributed by atoms with E-state index >= 15 is 0 Å². The molecule has 0 aromatic heterocycles. The van der Waals surface area contributed by atoms with E-state index in [0.29, 0.717) is 32.8 Å². The minimum Gasteiger partial charge on any atom is -0.497 e. The molecule has 3 rings (SSSR count). The van der Waals surface area contributed by atoms with Gasteiger partial charge in [0.1, 0.15) is 5.75 Å². The number of carbonyl (C=O) groups excluding carboxylic acids is 1. The molecule has 1 unspecified atom stereocenters. The van der Waals surface area contributed by atoms with Gasteiger partial charge in [-0.25, -0.2) is 4.79 Å². The Labute approximate surface area is 167 Å². The molecule has 2 heterocycles. The van der Waals surface area contributed by atoms with E-state index in [9.17, 15) is 4.79 Å². The highest BCUT2D eigenvalue weighted by molar-refractivity contribution is 5.74. The summed E-state index contributed by atoms with van der Waals surface area (Å²) < 4.78 is 22.3. The Bertz CT molecular complexity index is 614. The Morgan fingerprint density at radius 1 is 1.21 bits per heavy atom. The monoisotopic (exact) mass is 392 g/mol. The van der Waals surface area contributed by atoms with Gasteiger partial charge >= 0.3 is 6.03 Å². The van der Waals surface area contributed by atoms with E-state index in [1.54, 1.807) is 14.2 Å². The largest absolute Gasteiger partial charge is 0.497 e. The molecule has 2 fully saturated rings. The second-order valence-corrected chi connectivity index (χ2v) is 7.50. The molecule has 1 aromatic rings. The van der Waals surface area contributed by atoms with Crippen LogP contribution >= 0.6 is 0 Å². The van der Waals surface area contributed by atoms with Crippen molar-refractivity contribution in [2.45, 2.75) is 43.9 Å². The zero-order valence-corrected chi connectivity index (χ0v) is 16.9. The molecule has 0 radical (unpaired) electrons. The molecule has 2 amide bonds. The third-order valence-corrected chi connectivity index (χ3v) is 5.65. The van der Waals surface area contributed by atoms with Crippen LogP contribution in [0.5, 0.6) is 5.75 Å². The van der Waals surface area contributed by atoms with E-state index in [2.05, 4.69) is 5.32 Å². The number of nitrogens with zero attached hydrogens (tertiary/aromatic N) is 1. The standard InChI is InChI=1S/C21H32N2O5/c1-25-13-14-27-19-7-12-28-21(15-19)8-10-23(11-9-21)20(24)22-16-17-3-5-18(26-2)6-4-17/h3-6,19H,7-16H2,1-2H3,(H,22,24). The molecule has 1 atom stereocenters. The average Bonchev–Trinajstić information content (AvgIpc) is 2.73. The van der Waals surface area contributed by atoms with Gasteiger partial charge in [-0.05, 0) is 37.0 Å². The Kier molecular flexibility index (Phi) is 7.53. The summed E-state index contributed by atoms with van der Waals surface area (Å²) in [5.74, 6) is 0.813. The molecule has 2 saturated heterocycles. The number of methoxy groups -OCH3 is 2. The molecule has 28 heavy (non-hydrogen) atoms. The quantitative estimate of drug-likeness (QED) is 0.723. The molecule has 1 N–H and O–H groups in total. The van der Waals surface area contributed by atoms with E-state index < -0.39 is 0 Å². The Balaban J connectivity index is 1.42. The molecule has 0 saturated carbocycles. The van der Waals surface area contributed by atoms with E-state index in [-0.39, 0.29) is 17.7 Å². The molecule has 0 aliphatic carbocycles. The van der Waals surface area contributed by atoms with Crippen molar-refractivity contribution in [1.29, 1.82) is 0 Å². The second-order valence-electron chi connectivity index (χ2n) is 7.50. The maximum absolute atomic E-state index is 12.5. The van der Waals surface area contributed by atoms with Gasteiger partial charge in [-0.2, -0.15) is 0 Å². The first kappa shape index (κ1) is 20.9. The zero-order chi connectivity index (χ0) is 19.8. The van der Waals surface area contributed by atoms with Crippen molar-refractivity contribution >= 4 is 6.03 Å². The first-order valence-corrected chi connectivity index (χ1v) is 10.0. The van der Waals surface area contributed by atoms with Crippen LogP contribution in [0.15, 0.2) is 24.3 Å². The lowest BCUT2D eigenvalue weighted by atomic mass is 9.83. The molecule has 2 aliphatic heterocycles. The van der Waals surface area contributed by atoms with Crippen molar-refractivity contribution in [3.8, 4) is 5.75 Å². The van der Waals surface area contributed by atoms with Crippen LogP contribution < -0.4 is 10.1 Å². The number of hydrogen-bond donors (Lipinski definition) is 1. The third kappa shape index (κ3) is 5.59. The van der Waals surface area contributed by atoms with Gasteiger partial charge in [0.25, 0.3) is 0 Å². The predicted octanol–water partition coefficient (Wildman–Crippen LogP) is 2.58. The minimum atomic E-state index is -0.150. The normalized spacial score (nSPS) is 21.5. The Hall–Kier alpha value is -1.83. The zero-order valence-electron chi connectivity index (χ0n) is 16.9. The van der Waals surface area contributed by atoms with Crippen molar-refractivity contribution in [1.82, 2.24) is 10.2 Å². The summed E-state index contributed by atoms with van der Waals surface area (Å²) in [5, 5.41) is 3.01. The number of rotatable bonds is 7. The van der Waals surface area contributed by atoms with Crippen LogP contribution in [-0.4, -0.2) is 69.8 Å². The SMILES string of the molecule is COCCOC1CCOC2(CCN(C(=O)NCc3ccc(OC)cc3)CC2)C1. The van der Waals surface area contributed by atoms with Gasteiger partial charge in [0.05, 0.1) is 32.0 Å². The number of piperidine rings is 1. The number of hydrogen-bond acceptors (Lipinski definition) is 5. The van der Waals surface area contributed by atoms with Gasteiger partial charge in [0.15, 0.2) is 0 Å². The molecule has 7 heteroatoms. The number of ether oxygens (including phenoxy) is 4. The van der Waals surface area contributed by atoms with Gasteiger partial charge < -0.3 is 29.2 Å². The van der Waals surface area contributed by atoms with Crippen molar-refractivity contribution in [2.24, 2.45) is 0 Å². The van der Waals surface area contributed by atoms with Gasteiger partial charge in [-0.3, -0.25) is 0 Å². The van der Waals surface area contributed by atoms with Gasteiger partial charge in [-0.15, -0.1) is 0 Å². The first-order valence-electron chi connectivity index (χ1n) is 10.0. The number of benzene rings is 1. The molecule has 0 bridgehead atoms. The van der Waals surface area contributed by atoms with Crippen LogP contribution in [0.25, 0.3) is 0 Å². The predicted molar refractivity (Wildman–Crippen MR) is 106 cm³/mol. The van der Waals surface area contributed by atoms with Crippen molar-refractivity contribution in [3.05, 3.63) is 29.8 Å². The van der Waals surface area contributed by atoms with Gasteiger partial charge in [0, 0.05) is 39.8 Å². The fourth-order valence-corrected chi connectivity index (χ4v) is 3.92. The highest BCUT2D eigenvalue weighted by Crippen LogP contribution is 2.36. The molecule has 1 spiro atoms. The fraction of sp³-hybridized carbons (Fsp3) is 0.667. The summed E-state index contributed by atoms with van der Waals surface area (Å²) in [4.78, 5) is 14.4. The summed E-state index contributed by atoms with van der Waals surface area (Å²) >= 11 is 0. The topological polar surface area (TPSA) is 69.3 Å². The lowest BCUT2D eigenvalue weighted by Gasteiger charge is -2.46. The van der Waals surface area contributed by atoms with Crippen LogP contribution in [0.2, 0.25) is 0 Å². The molecule has 156 valence electrons. The van der Waals surface area contributed by atoms with E-state index in [1.807, 2.05) is 29.2 Å². The average molecular weight is 392 g/mol. The third-order valence-electron chi connectivity index (χ3n) is 5.65. The second kappa shape index (κ2) is 10.1. The summed E-state index contributed by atoms with van der Waals surface area (Å²) in [6, 6.07) is 7.71. The van der Waals surface area contributed by atoms with Crippen LogP contribution in [-0.2, 0) is 20.8 Å². The molecule has 7 nitrogen and oxygen atoms in total. The maximum atomic E-state index is 12.5. The fourth-order valence-electron chi connectivity index (χ4n) is 3.92. The van der Waals surface area contributed by atoms with Crippen LogP contribution in [0.1, 0.15) is 31.2 Å².